The number of nitrogens with one attached hydrogen (secondary N) is 1. The van der Waals surface area contributed by atoms with Crippen LogP contribution in [0.15, 0.2) is 69.7 Å². The van der Waals surface area contributed by atoms with Crippen molar-refractivity contribution in [3.8, 4) is 0 Å². The average Bonchev–Trinajstić information content (AvgIpc) is 3.24. The van der Waals surface area contributed by atoms with E-state index in [-0.39, 0.29) is 11.7 Å². The van der Waals surface area contributed by atoms with Gasteiger partial charge in [0.05, 0.1) is 6.26 Å². The van der Waals surface area contributed by atoms with E-state index in [1.54, 1.807) is 12.1 Å². The van der Waals surface area contributed by atoms with Crippen molar-refractivity contribution in [2.24, 2.45) is 0 Å². The van der Waals surface area contributed by atoms with Crippen molar-refractivity contribution >= 4 is 22.7 Å². The standard InChI is InChI=1S/C20H16N2O3/c1-13-7-8-17-16(10-13)22-19(25-17)12-14-4-2-5-15(11-14)21-20(23)18-6-3-9-24-18/h2-11H,12H2,1H3,(H,21,23). The Morgan fingerprint density at radius 3 is 2.88 bits per heavy atom. The van der Waals surface area contributed by atoms with Gasteiger partial charge in [0.2, 0.25) is 0 Å². The Hall–Kier alpha value is -3.34. The highest BCUT2D eigenvalue weighted by molar-refractivity contribution is 6.02. The van der Waals surface area contributed by atoms with Crippen molar-refractivity contribution in [3.63, 3.8) is 0 Å². The molecule has 0 saturated carbocycles. The molecule has 1 N–H and O–H groups in total. The van der Waals surface area contributed by atoms with Gasteiger partial charge in [0, 0.05) is 12.1 Å². The van der Waals surface area contributed by atoms with Crippen molar-refractivity contribution in [1.82, 2.24) is 4.98 Å². The maximum absolute atomic E-state index is 12.1. The summed E-state index contributed by atoms with van der Waals surface area (Å²) in [5.41, 5.74) is 4.49. The molecule has 0 aliphatic carbocycles. The molecular formula is C20H16N2O3. The molecule has 124 valence electrons. The highest BCUT2D eigenvalue weighted by Crippen LogP contribution is 2.20. The number of hydrogen-bond donors (Lipinski definition) is 1. The summed E-state index contributed by atoms with van der Waals surface area (Å²) in [5.74, 6) is 0.648. The Morgan fingerprint density at radius 2 is 2.04 bits per heavy atom. The lowest BCUT2D eigenvalue weighted by atomic mass is 10.1. The Labute approximate surface area is 144 Å². The number of oxazole rings is 1. The molecule has 25 heavy (non-hydrogen) atoms. The molecule has 0 atom stereocenters. The van der Waals surface area contributed by atoms with Gasteiger partial charge in [-0.2, -0.15) is 0 Å². The van der Waals surface area contributed by atoms with E-state index in [1.165, 1.54) is 6.26 Å². The van der Waals surface area contributed by atoms with Crippen LogP contribution in [0.4, 0.5) is 5.69 Å². The minimum atomic E-state index is -0.278. The van der Waals surface area contributed by atoms with E-state index in [0.29, 0.717) is 18.0 Å². The lowest BCUT2D eigenvalue weighted by molar-refractivity contribution is 0.0996. The zero-order valence-corrected chi connectivity index (χ0v) is 13.7. The number of amides is 1. The van der Waals surface area contributed by atoms with E-state index in [2.05, 4.69) is 10.3 Å². The van der Waals surface area contributed by atoms with E-state index in [0.717, 1.165) is 22.2 Å². The van der Waals surface area contributed by atoms with Gasteiger partial charge in [0.1, 0.15) is 5.52 Å². The SMILES string of the molecule is Cc1ccc2oc(Cc3cccc(NC(=O)c4ccco4)c3)nc2c1. The molecule has 0 radical (unpaired) electrons. The highest BCUT2D eigenvalue weighted by Gasteiger charge is 2.10. The maximum Gasteiger partial charge on any atom is 0.291 e. The first-order valence-electron chi connectivity index (χ1n) is 7.97. The summed E-state index contributed by atoms with van der Waals surface area (Å²) in [6, 6.07) is 16.8. The Morgan fingerprint density at radius 1 is 1.12 bits per heavy atom. The summed E-state index contributed by atoms with van der Waals surface area (Å²) in [7, 11) is 0. The molecule has 0 aliphatic heterocycles. The number of benzene rings is 2. The first-order chi connectivity index (χ1) is 12.2. The lowest BCUT2D eigenvalue weighted by Crippen LogP contribution is -2.10. The molecule has 5 heteroatoms. The van der Waals surface area contributed by atoms with Crippen LogP contribution in [0.25, 0.3) is 11.1 Å². The average molecular weight is 332 g/mol. The molecule has 2 aromatic heterocycles. The van der Waals surface area contributed by atoms with Gasteiger partial charge in [-0.1, -0.05) is 18.2 Å². The van der Waals surface area contributed by atoms with Gasteiger partial charge in [-0.3, -0.25) is 4.79 Å². The van der Waals surface area contributed by atoms with E-state index in [9.17, 15) is 4.79 Å². The fourth-order valence-corrected chi connectivity index (χ4v) is 2.69. The minimum Gasteiger partial charge on any atom is -0.459 e. The van der Waals surface area contributed by atoms with Gasteiger partial charge < -0.3 is 14.2 Å². The molecule has 1 amide bonds. The molecule has 0 fully saturated rings. The number of rotatable bonds is 4. The van der Waals surface area contributed by atoms with Crippen molar-refractivity contribution in [3.05, 3.63) is 83.6 Å². The highest BCUT2D eigenvalue weighted by atomic mass is 16.3. The summed E-state index contributed by atoms with van der Waals surface area (Å²) in [6.45, 7) is 2.03. The van der Waals surface area contributed by atoms with Crippen LogP contribution in [0.5, 0.6) is 0 Å². The smallest absolute Gasteiger partial charge is 0.291 e. The number of fused-ring (bicyclic) bond motifs is 1. The number of anilines is 1. The molecule has 5 nitrogen and oxygen atoms in total. The minimum absolute atomic E-state index is 0.278. The van der Waals surface area contributed by atoms with Crippen LogP contribution in [0.2, 0.25) is 0 Å². The van der Waals surface area contributed by atoms with Crippen LogP contribution >= 0.6 is 0 Å². The fraction of sp³-hybridized carbons (Fsp3) is 0.100. The first kappa shape index (κ1) is 15.2. The van der Waals surface area contributed by atoms with Gasteiger partial charge in [-0.15, -0.1) is 0 Å². The monoisotopic (exact) mass is 332 g/mol. The maximum atomic E-state index is 12.1. The van der Waals surface area contributed by atoms with Crippen LogP contribution in [0.1, 0.15) is 27.6 Å². The number of furan rings is 1. The van der Waals surface area contributed by atoms with Crippen molar-refractivity contribution in [2.75, 3.05) is 5.32 Å². The lowest BCUT2D eigenvalue weighted by Gasteiger charge is -2.05. The third-order valence-corrected chi connectivity index (χ3v) is 3.87. The van der Waals surface area contributed by atoms with Gasteiger partial charge in [-0.25, -0.2) is 4.98 Å². The second-order valence-electron chi connectivity index (χ2n) is 5.89. The molecule has 2 heterocycles. The largest absolute Gasteiger partial charge is 0.459 e. The first-order valence-corrected chi connectivity index (χ1v) is 7.97. The second-order valence-corrected chi connectivity index (χ2v) is 5.89. The summed E-state index contributed by atoms with van der Waals surface area (Å²) < 4.78 is 10.9. The third-order valence-electron chi connectivity index (χ3n) is 3.87. The van der Waals surface area contributed by atoms with Crippen LogP contribution in [0, 0.1) is 6.92 Å². The molecule has 4 rings (SSSR count). The van der Waals surface area contributed by atoms with Crippen LogP contribution < -0.4 is 5.32 Å². The van der Waals surface area contributed by atoms with Gasteiger partial charge >= 0.3 is 0 Å². The van der Waals surface area contributed by atoms with Crippen molar-refractivity contribution in [2.45, 2.75) is 13.3 Å². The molecule has 2 aromatic carbocycles. The fourth-order valence-electron chi connectivity index (χ4n) is 2.69. The summed E-state index contributed by atoms with van der Waals surface area (Å²) in [5, 5.41) is 2.82. The number of carbonyl (C=O) groups is 1. The number of aromatic nitrogens is 1. The normalized spacial score (nSPS) is 10.9. The predicted octanol–water partition coefficient (Wildman–Crippen LogP) is 4.57. The number of nitrogens with zero attached hydrogens (tertiary/aromatic N) is 1. The summed E-state index contributed by atoms with van der Waals surface area (Å²) in [4.78, 5) is 16.6. The van der Waals surface area contributed by atoms with Crippen molar-refractivity contribution < 1.29 is 13.6 Å². The molecule has 0 spiro atoms. The zero-order valence-electron chi connectivity index (χ0n) is 13.7. The van der Waals surface area contributed by atoms with Crippen LogP contribution in [0.3, 0.4) is 0 Å². The third kappa shape index (κ3) is 3.30. The van der Waals surface area contributed by atoms with E-state index in [4.69, 9.17) is 8.83 Å². The molecule has 0 unspecified atom stereocenters. The zero-order chi connectivity index (χ0) is 17.2. The summed E-state index contributed by atoms with van der Waals surface area (Å²) >= 11 is 0. The van der Waals surface area contributed by atoms with E-state index < -0.39 is 0 Å². The van der Waals surface area contributed by atoms with Gasteiger partial charge in [0.25, 0.3) is 5.91 Å². The number of aryl methyl sites for hydroxylation is 1. The quantitative estimate of drug-likeness (QED) is 0.594. The van der Waals surface area contributed by atoms with E-state index >= 15 is 0 Å². The molecule has 0 bridgehead atoms. The Kier molecular flexibility index (Phi) is 3.82. The number of carbonyl (C=O) groups excluding carboxylic acids is 1. The van der Waals surface area contributed by atoms with Crippen molar-refractivity contribution in [1.29, 1.82) is 0 Å². The van der Waals surface area contributed by atoms with Gasteiger partial charge in [0.15, 0.2) is 17.2 Å². The molecule has 4 aromatic rings. The molecule has 0 saturated heterocycles. The number of hydrogen-bond acceptors (Lipinski definition) is 4. The molecule has 0 aliphatic rings. The van der Waals surface area contributed by atoms with Gasteiger partial charge in [-0.05, 0) is 54.4 Å². The topological polar surface area (TPSA) is 68.3 Å². The summed E-state index contributed by atoms with van der Waals surface area (Å²) in [6.07, 6.45) is 2.03. The van der Waals surface area contributed by atoms with Crippen LogP contribution in [-0.4, -0.2) is 10.9 Å². The molecular weight excluding hydrogens is 316 g/mol. The predicted molar refractivity (Wildman–Crippen MR) is 94.7 cm³/mol. The Balaban J connectivity index is 1.53. The Bertz CT molecular complexity index is 1030. The second kappa shape index (κ2) is 6.28. The van der Waals surface area contributed by atoms with E-state index in [1.807, 2.05) is 49.4 Å². The van der Waals surface area contributed by atoms with Crippen LogP contribution in [-0.2, 0) is 6.42 Å².